The predicted octanol–water partition coefficient (Wildman–Crippen LogP) is 5.13. The monoisotopic (exact) mass is 320 g/mol. The molecule has 0 aliphatic heterocycles. The van der Waals surface area contributed by atoms with Gasteiger partial charge in [-0.3, -0.25) is 0 Å². The van der Waals surface area contributed by atoms with E-state index in [2.05, 4.69) is 44.7 Å². The minimum atomic E-state index is -1.39. The average Bonchev–Trinajstić information content (AvgIpc) is 2.74. The summed E-state index contributed by atoms with van der Waals surface area (Å²) in [6, 6.07) is 0. The van der Waals surface area contributed by atoms with Crippen LogP contribution in [0.4, 0.5) is 0 Å². The molecule has 0 fully saturated rings. The van der Waals surface area contributed by atoms with Crippen molar-refractivity contribution in [3.05, 3.63) is 42.2 Å². The first-order valence-electron chi connectivity index (χ1n) is 5.95. The van der Waals surface area contributed by atoms with Crippen LogP contribution in [-0.4, -0.2) is 4.82 Å². The fourth-order valence-corrected chi connectivity index (χ4v) is 6.17. The summed E-state index contributed by atoms with van der Waals surface area (Å²) in [5, 5.41) is 0. The van der Waals surface area contributed by atoms with Crippen molar-refractivity contribution in [3.63, 3.8) is 0 Å². The molecule has 2 rings (SSSR count). The van der Waals surface area contributed by atoms with Gasteiger partial charge in [-0.2, -0.15) is 0 Å². The van der Waals surface area contributed by atoms with Crippen molar-refractivity contribution in [2.24, 2.45) is 0 Å². The van der Waals surface area contributed by atoms with Crippen LogP contribution in [0.3, 0.4) is 0 Å². The first-order chi connectivity index (χ1) is 7.52. The molecule has 0 radical (unpaired) electrons. The van der Waals surface area contributed by atoms with Crippen molar-refractivity contribution < 1.29 is 17.4 Å². The molecule has 18 heavy (non-hydrogen) atoms. The van der Waals surface area contributed by atoms with E-state index in [1.807, 2.05) is 0 Å². The second kappa shape index (κ2) is 7.05. The van der Waals surface area contributed by atoms with Crippen LogP contribution in [0, 0.1) is 0 Å². The van der Waals surface area contributed by atoms with Gasteiger partial charge in [0.1, 0.15) is 0 Å². The van der Waals surface area contributed by atoms with Gasteiger partial charge >= 0.3 is 105 Å². The molecule has 0 heterocycles. The molecule has 0 N–H and O–H groups in total. The summed E-state index contributed by atoms with van der Waals surface area (Å²) in [7, 11) is 0. The SMILES string of the molecule is Cl.Cl.[CH2]=[Ti]([C]1=C(C)C(C)=CC1)[C]1=C(C)C(C)=CC1. The van der Waals surface area contributed by atoms with E-state index in [-0.39, 0.29) is 24.8 Å². The van der Waals surface area contributed by atoms with Crippen LogP contribution in [0.15, 0.2) is 42.2 Å². The second-order valence-corrected chi connectivity index (χ2v) is 8.25. The zero-order chi connectivity index (χ0) is 11.9. The average molecular weight is 321 g/mol. The summed E-state index contributed by atoms with van der Waals surface area (Å²) in [5.74, 6) is 0. The zero-order valence-corrected chi connectivity index (χ0v) is 14.8. The van der Waals surface area contributed by atoms with E-state index in [4.69, 9.17) is 0 Å². The Labute approximate surface area is 129 Å². The first kappa shape index (κ1) is 18.1. The molecule has 0 spiro atoms. The summed E-state index contributed by atoms with van der Waals surface area (Å²) in [4.78, 5) is 4.56. The van der Waals surface area contributed by atoms with Crippen LogP contribution >= 0.6 is 24.8 Å². The number of halogens is 2. The van der Waals surface area contributed by atoms with Crippen molar-refractivity contribution in [3.8, 4) is 0 Å². The van der Waals surface area contributed by atoms with E-state index in [1.54, 1.807) is 7.76 Å². The maximum absolute atomic E-state index is 4.56. The van der Waals surface area contributed by atoms with Crippen LogP contribution in [0.2, 0.25) is 0 Å². The van der Waals surface area contributed by atoms with Gasteiger partial charge in [-0.25, -0.2) is 0 Å². The van der Waals surface area contributed by atoms with Gasteiger partial charge in [0.25, 0.3) is 0 Å². The van der Waals surface area contributed by atoms with Gasteiger partial charge in [0.2, 0.25) is 0 Å². The molecule has 0 atom stereocenters. The molecule has 0 nitrogen and oxygen atoms in total. The van der Waals surface area contributed by atoms with Crippen molar-refractivity contribution >= 4 is 29.6 Å². The number of hydrogen-bond acceptors (Lipinski definition) is 0. The molecule has 0 aromatic carbocycles. The van der Waals surface area contributed by atoms with Crippen LogP contribution in [-0.2, 0) is 17.4 Å². The Kier molecular flexibility index (Phi) is 7.10. The molecule has 0 amide bonds. The van der Waals surface area contributed by atoms with Crippen molar-refractivity contribution in [2.75, 3.05) is 0 Å². The molecule has 2 aliphatic carbocycles. The summed E-state index contributed by atoms with van der Waals surface area (Å²) < 4.78 is 3.38. The third kappa shape index (κ3) is 3.17. The van der Waals surface area contributed by atoms with Crippen LogP contribution in [0.1, 0.15) is 40.5 Å². The van der Waals surface area contributed by atoms with Gasteiger partial charge in [0.05, 0.1) is 0 Å². The van der Waals surface area contributed by atoms with Gasteiger partial charge < -0.3 is 0 Å². The molecule has 0 unspecified atom stereocenters. The third-order valence-corrected chi connectivity index (χ3v) is 8.13. The normalized spacial score (nSPS) is 18.2. The van der Waals surface area contributed by atoms with Crippen LogP contribution in [0.5, 0.6) is 0 Å². The quantitative estimate of drug-likeness (QED) is 0.619. The second-order valence-electron chi connectivity index (χ2n) is 4.87. The first-order valence-corrected chi connectivity index (χ1v) is 8.62. The molecule has 0 aromatic heterocycles. The zero-order valence-electron chi connectivity index (χ0n) is 11.6. The Morgan fingerprint density at radius 2 is 1.17 bits per heavy atom. The molecule has 3 heteroatoms. The Morgan fingerprint density at radius 1 is 0.833 bits per heavy atom. The fraction of sp³-hybridized carbons (Fsp3) is 0.400. The van der Waals surface area contributed by atoms with E-state index >= 15 is 0 Å². The van der Waals surface area contributed by atoms with Crippen LogP contribution < -0.4 is 0 Å². The van der Waals surface area contributed by atoms with E-state index in [1.165, 1.54) is 35.1 Å². The predicted molar refractivity (Wildman–Crippen MR) is 83.8 cm³/mol. The van der Waals surface area contributed by atoms with E-state index in [0.29, 0.717) is 0 Å². The van der Waals surface area contributed by atoms with Crippen LogP contribution in [0.25, 0.3) is 0 Å². The molecule has 0 saturated carbocycles. The Balaban J connectivity index is 0.00000144. The molecular weight excluding hydrogens is 299 g/mol. The molecule has 100 valence electrons. The van der Waals surface area contributed by atoms with Gasteiger partial charge in [0.15, 0.2) is 0 Å². The van der Waals surface area contributed by atoms with Gasteiger partial charge in [-0.05, 0) is 0 Å². The topological polar surface area (TPSA) is 0 Å². The Bertz CT molecular complexity index is 447. The van der Waals surface area contributed by atoms with Gasteiger partial charge in [0, 0.05) is 0 Å². The van der Waals surface area contributed by atoms with Crippen molar-refractivity contribution in [2.45, 2.75) is 40.5 Å². The van der Waals surface area contributed by atoms with Crippen molar-refractivity contribution in [1.82, 2.24) is 0 Å². The number of hydrogen-bond donors (Lipinski definition) is 0. The maximum atomic E-state index is 4.56. The number of allylic oxidation sites excluding steroid dienone is 8. The van der Waals surface area contributed by atoms with Crippen molar-refractivity contribution in [1.29, 1.82) is 0 Å². The molecule has 0 aromatic rings. The molecular formula is C15H22Cl2Ti. The summed E-state index contributed by atoms with van der Waals surface area (Å²) in [6.07, 6.45) is 7.08. The summed E-state index contributed by atoms with van der Waals surface area (Å²) in [5.41, 5.74) is 6.03. The minimum absolute atomic E-state index is 0. The summed E-state index contributed by atoms with van der Waals surface area (Å²) >= 11 is -1.39. The van der Waals surface area contributed by atoms with Gasteiger partial charge in [-0.1, -0.05) is 0 Å². The van der Waals surface area contributed by atoms with E-state index in [0.717, 1.165) is 0 Å². The third-order valence-electron chi connectivity index (χ3n) is 4.04. The molecule has 0 bridgehead atoms. The summed E-state index contributed by atoms with van der Waals surface area (Å²) in [6.45, 7) is 9.01. The van der Waals surface area contributed by atoms with E-state index in [9.17, 15) is 0 Å². The standard InChI is InChI=1S/2C7H9.CH2.2ClH.Ti/c2*1-6-4-3-5-7(6)2;;;;/h2*4H,3H2,1-2H3;1H2;2*1H;. The van der Waals surface area contributed by atoms with E-state index < -0.39 is 17.4 Å². The molecule has 2 aliphatic rings. The fourth-order valence-electron chi connectivity index (χ4n) is 2.48. The Morgan fingerprint density at radius 3 is 1.39 bits per heavy atom. The van der Waals surface area contributed by atoms with Gasteiger partial charge in [-0.15, -0.1) is 24.8 Å². The Hall–Kier alpha value is 0.124. The molecule has 0 saturated heterocycles. The number of rotatable bonds is 2.